The van der Waals surface area contributed by atoms with Crippen molar-refractivity contribution in [1.29, 1.82) is 0 Å². The normalized spacial score (nSPS) is 11.2. The maximum absolute atomic E-state index is 12.7. The number of hydrogen-bond donors (Lipinski definition) is 2. The Hall–Kier alpha value is -3.14. The first kappa shape index (κ1) is 21.6. The van der Waals surface area contributed by atoms with Crippen molar-refractivity contribution in [3.8, 4) is 5.69 Å². The number of rotatable bonds is 5. The summed E-state index contributed by atoms with van der Waals surface area (Å²) in [5.74, 6) is -1.47. The third-order valence-electron chi connectivity index (χ3n) is 4.19. The molecule has 1 aromatic heterocycles. The molecule has 0 radical (unpaired) electrons. The van der Waals surface area contributed by atoms with E-state index in [2.05, 4.69) is 26.3 Å². The molecule has 0 aliphatic rings. The fraction of sp³-hybridized carbons (Fsp3) is 0.150. The predicted octanol–water partition coefficient (Wildman–Crippen LogP) is 4.49. The van der Waals surface area contributed by atoms with Gasteiger partial charge in [0.25, 0.3) is 11.8 Å². The summed E-state index contributed by atoms with van der Waals surface area (Å²) < 4.78 is 39.6. The average molecular weight is 481 g/mol. The lowest BCUT2D eigenvalue weighted by atomic mass is 10.1. The van der Waals surface area contributed by atoms with Crippen molar-refractivity contribution in [3.05, 3.63) is 76.0 Å². The van der Waals surface area contributed by atoms with Gasteiger partial charge < -0.3 is 10.6 Å². The Bertz CT molecular complexity index is 1080. The molecule has 0 fully saturated rings. The molecule has 0 aliphatic heterocycles. The molecule has 3 aromatic rings. The van der Waals surface area contributed by atoms with Crippen molar-refractivity contribution in [2.24, 2.45) is 0 Å². The van der Waals surface area contributed by atoms with Crippen LogP contribution in [0.2, 0.25) is 0 Å². The molecular formula is C20H16BrF3N4O2. The van der Waals surface area contributed by atoms with Gasteiger partial charge in [-0.05, 0) is 43.3 Å². The Morgan fingerprint density at radius 2 is 1.70 bits per heavy atom. The predicted molar refractivity (Wildman–Crippen MR) is 109 cm³/mol. The molecule has 10 heteroatoms. The Kier molecular flexibility index (Phi) is 6.25. The highest BCUT2D eigenvalue weighted by Gasteiger charge is 2.28. The molecular weight excluding hydrogens is 465 g/mol. The summed E-state index contributed by atoms with van der Waals surface area (Å²) in [5.41, 5.74) is 1.60. The van der Waals surface area contributed by atoms with Gasteiger partial charge in [0.2, 0.25) is 0 Å². The highest BCUT2D eigenvalue weighted by molar-refractivity contribution is 9.10. The van der Waals surface area contributed by atoms with Gasteiger partial charge in [-0.15, -0.1) is 0 Å². The SMILES string of the molecule is Cc1c(C(=O)Nc2ccccc2C(=O)NCC(F)(F)F)cnn1-c1ccc(Br)cc1. The van der Waals surface area contributed by atoms with Crippen LogP contribution < -0.4 is 10.6 Å². The first-order valence-electron chi connectivity index (χ1n) is 8.71. The van der Waals surface area contributed by atoms with E-state index in [4.69, 9.17) is 0 Å². The van der Waals surface area contributed by atoms with Gasteiger partial charge >= 0.3 is 6.18 Å². The number of aromatic nitrogens is 2. The fourth-order valence-electron chi connectivity index (χ4n) is 2.73. The minimum absolute atomic E-state index is 0.0759. The highest BCUT2D eigenvalue weighted by atomic mass is 79.9. The monoisotopic (exact) mass is 480 g/mol. The van der Waals surface area contributed by atoms with Crippen LogP contribution in [0.3, 0.4) is 0 Å². The number of nitrogens with zero attached hydrogens (tertiary/aromatic N) is 2. The van der Waals surface area contributed by atoms with Crippen LogP contribution >= 0.6 is 15.9 Å². The summed E-state index contributed by atoms with van der Waals surface area (Å²) in [6, 6.07) is 13.2. The molecule has 3 rings (SSSR count). The standard InChI is InChI=1S/C20H16BrF3N4O2/c1-12-16(10-26-28(12)14-8-6-13(21)7-9-14)19(30)27-17-5-3-2-4-15(17)18(29)25-11-20(22,23)24/h2-10H,11H2,1H3,(H,25,29)(H,27,30). The number of benzene rings is 2. The van der Waals surface area contributed by atoms with Gasteiger partial charge in [0.1, 0.15) is 6.54 Å². The summed E-state index contributed by atoms with van der Waals surface area (Å²) >= 11 is 3.35. The van der Waals surface area contributed by atoms with Crippen molar-refractivity contribution < 1.29 is 22.8 Å². The third-order valence-corrected chi connectivity index (χ3v) is 4.72. The van der Waals surface area contributed by atoms with Gasteiger partial charge in [0, 0.05) is 4.47 Å². The Morgan fingerprint density at radius 3 is 2.37 bits per heavy atom. The molecule has 0 saturated heterocycles. The van der Waals surface area contributed by atoms with Gasteiger partial charge in [0.05, 0.1) is 34.4 Å². The molecule has 0 bridgehead atoms. The molecule has 0 unspecified atom stereocenters. The zero-order valence-corrected chi connectivity index (χ0v) is 17.2. The maximum Gasteiger partial charge on any atom is 0.405 e. The van der Waals surface area contributed by atoms with Crippen LogP contribution in [0.5, 0.6) is 0 Å². The summed E-state index contributed by atoms with van der Waals surface area (Å²) in [7, 11) is 0. The van der Waals surface area contributed by atoms with Crippen LogP contribution in [0.15, 0.2) is 59.2 Å². The van der Waals surface area contributed by atoms with E-state index in [1.165, 1.54) is 24.4 Å². The summed E-state index contributed by atoms with van der Waals surface area (Å²) in [5, 5.41) is 8.60. The van der Waals surface area contributed by atoms with Crippen molar-refractivity contribution >= 4 is 33.4 Å². The zero-order chi connectivity index (χ0) is 21.9. The number of para-hydroxylation sites is 1. The number of nitrogens with one attached hydrogen (secondary N) is 2. The minimum Gasteiger partial charge on any atom is -0.343 e. The first-order chi connectivity index (χ1) is 14.2. The second-order valence-electron chi connectivity index (χ2n) is 6.33. The first-order valence-corrected chi connectivity index (χ1v) is 9.51. The molecule has 2 aromatic carbocycles. The van der Waals surface area contributed by atoms with Crippen LogP contribution in [0, 0.1) is 6.92 Å². The molecule has 6 nitrogen and oxygen atoms in total. The molecule has 2 N–H and O–H groups in total. The molecule has 0 spiro atoms. The maximum atomic E-state index is 12.7. The number of halogens is 4. The topological polar surface area (TPSA) is 76.0 Å². The number of amides is 2. The van der Waals surface area contributed by atoms with Gasteiger partial charge in [0.15, 0.2) is 0 Å². The van der Waals surface area contributed by atoms with Crippen LogP contribution in [-0.2, 0) is 0 Å². The van der Waals surface area contributed by atoms with Crippen molar-refractivity contribution in [2.75, 3.05) is 11.9 Å². The van der Waals surface area contributed by atoms with Gasteiger partial charge in [-0.25, -0.2) is 4.68 Å². The molecule has 1 heterocycles. The molecule has 0 aliphatic carbocycles. The quantitative estimate of drug-likeness (QED) is 0.564. The average Bonchev–Trinajstić information content (AvgIpc) is 3.08. The summed E-state index contributed by atoms with van der Waals surface area (Å²) in [6.07, 6.45) is -3.15. The van der Waals surface area contributed by atoms with E-state index in [1.54, 1.807) is 23.0 Å². The zero-order valence-electron chi connectivity index (χ0n) is 15.6. The van der Waals surface area contributed by atoms with E-state index in [9.17, 15) is 22.8 Å². The van der Waals surface area contributed by atoms with Crippen LogP contribution in [0.25, 0.3) is 5.69 Å². The van der Waals surface area contributed by atoms with E-state index in [0.29, 0.717) is 5.69 Å². The minimum atomic E-state index is -4.54. The van der Waals surface area contributed by atoms with Crippen molar-refractivity contribution in [1.82, 2.24) is 15.1 Å². The number of anilines is 1. The second kappa shape index (κ2) is 8.70. The Labute approximate surface area is 178 Å². The van der Waals surface area contributed by atoms with Crippen LogP contribution in [0.1, 0.15) is 26.4 Å². The van der Waals surface area contributed by atoms with E-state index in [-0.39, 0.29) is 16.8 Å². The lowest BCUT2D eigenvalue weighted by Gasteiger charge is -2.12. The van der Waals surface area contributed by atoms with Crippen LogP contribution in [0.4, 0.5) is 18.9 Å². The smallest absolute Gasteiger partial charge is 0.343 e. The summed E-state index contributed by atoms with van der Waals surface area (Å²) in [6.45, 7) is 0.249. The van der Waals surface area contributed by atoms with E-state index in [1.807, 2.05) is 24.3 Å². The van der Waals surface area contributed by atoms with E-state index >= 15 is 0 Å². The molecule has 2 amide bonds. The molecule has 30 heavy (non-hydrogen) atoms. The van der Waals surface area contributed by atoms with Crippen LogP contribution in [-0.4, -0.2) is 34.3 Å². The summed E-state index contributed by atoms with van der Waals surface area (Å²) in [4.78, 5) is 24.9. The molecule has 0 saturated carbocycles. The Morgan fingerprint density at radius 1 is 1.03 bits per heavy atom. The van der Waals surface area contributed by atoms with E-state index < -0.39 is 24.5 Å². The van der Waals surface area contributed by atoms with Crippen molar-refractivity contribution in [2.45, 2.75) is 13.1 Å². The molecule has 0 atom stereocenters. The van der Waals surface area contributed by atoms with Gasteiger partial charge in [-0.3, -0.25) is 9.59 Å². The lowest BCUT2D eigenvalue weighted by molar-refractivity contribution is -0.123. The molecule has 156 valence electrons. The Balaban J connectivity index is 1.80. The van der Waals surface area contributed by atoms with Gasteiger partial charge in [-0.1, -0.05) is 28.1 Å². The fourth-order valence-corrected chi connectivity index (χ4v) is 2.99. The number of alkyl halides is 3. The van der Waals surface area contributed by atoms with Gasteiger partial charge in [-0.2, -0.15) is 18.3 Å². The van der Waals surface area contributed by atoms with Crippen molar-refractivity contribution in [3.63, 3.8) is 0 Å². The third kappa shape index (κ3) is 5.07. The number of carbonyl (C=O) groups excluding carboxylic acids is 2. The largest absolute Gasteiger partial charge is 0.405 e. The number of carbonyl (C=O) groups is 2. The van der Waals surface area contributed by atoms with E-state index in [0.717, 1.165) is 10.2 Å². The highest BCUT2D eigenvalue weighted by Crippen LogP contribution is 2.21. The lowest BCUT2D eigenvalue weighted by Crippen LogP contribution is -2.34. The second-order valence-corrected chi connectivity index (χ2v) is 7.25. The number of hydrogen-bond acceptors (Lipinski definition) is 3.